The molecule has 37 heteroatoms. The van der Waals surface area contributed by atoms with Crippen molar-refractivity contribution in [1.82, 2.24) is 39.9 Å². The number of nitro benzene ring substituents is 2. The van der Waals surface area contributed by atoms with Crippen molar-refractivity contribution < 1.29 is 51.7 Å². The Hall–Kier alpha value is -16.3. The predicted octanol–water partition coefficient (Wildman–Crippen LogP) is 14.2. The van der Waals surface area contributed by atoms with Gasteiger partial charge in [0.25, 0.3) is 11.4 Å². The normalized spacial score (nSPS) is 10.4. The number of halogens is 4. The largest absolute Gasteiger partial charge is 0.573 e. The smallest absolute Gasteiger partial charge is 0.406 e. The van der Waals surface area contributed by atoms with E-state index in [2.05, 4.69) is 60.6 Å². The van der Waals surface area contributed by atoms with Crippen molar-refractivity contribution in [2.45, 2.75) is 19.2 Å². The van der Waals surface area contributed by atoms with Crippen molar-refractivity contribution in [2.24, 2.45) is 22.9 Å². The van der Waals surface area contributed by atoms with Crippen molar-refractivity contribution in [3.05, 3.63) is 326 Å². The average Bonchev–Trinajstić information content (AvgIpc) is 0.845. The van der Waals surface area contributed by atoms with Gasteiger partial charge in [-0.2, -0.15) is 15.0 Å². The molecule has 606 valence electrons. The van der Waals surface area contributed by atoms with Crippen LogP contribution in [0, 0.1) is 20.2 Å². The number of benzene rings is 9. The molecule has 13 aromatic rings. The average molecular weight is 1640 g/mol. The first-order valence-electron chi connectivity index (χ1n) is 35.2. The van der Waals surface area contributed by atoms with Gasteiger partial charge in [-0.05, 0) is 193 Å². The van der Waals surface area contributed by atoms with Crippen molar-refractivity contribution >= 4 is 145 Å². The van der Waals surface area contributed by atoms with Gasteiger partial charge in [0.15, 0.2) is 0 Å². The maximum absolute atomic E-state index is 12.5. The second kappa shape index (κ2) is 41.0. The summed E-state index contributed by atoms with van der Waals surface area (Å²) < 4.78 is 40.7. The number of rotatable bonds is 25. The van der Waals surface area contributed by atoms with E-state index in [4.69, 9.17) is 46.0 Å². The number of nitrogens with zero attached hydrogens (tertiary/aromatic N) is 14. The number of nitrogens with two attached hydrogens (primary N) is 6. The molecule has 119 heavy (non-hydrogen) atoms. The lowest BCUT2D eigenvalue weighted by atomic mass is 10.0. The third kappa shape index (κ3) is 26.7. The number of carbonyl (C=O) groups is 5. The third-order valence-electron chi connectivity index (χ3n) is 16.7. The number of hydrogen-bond acceptors (Lipinski definition) is 27. The van der Waals surface area contributed by atoms with Crippen LogP contribution in [0.3, 0.4) is 0 Å². The first-order valence-corrected chi connectivity index (χ1v) is 35.6. The van der Waals surface area contributed by atoms with Crippen molar-refractivity contribution in [3.8, 4) is 5.75 Å². The van der Waals surface area contributed by atoms with Gasteiger partial charge < -0.3 is 74.7 Å². The van der Waals surface area contributed by atoms with Gasteiger partial charge in [0.1, 0.15) is 34.8 Å². The van der Waals surface area contributed by atoms with E-state index in [0.717, 1.165) is 28.3 Å². The van der Waals surface area contributed by atoms with Crippen LogP contribution in [0.2, 0.25) is 5.28 Å². The number of nitro groups is 2. The van der Waals surface area contributed by atoms with Gasteiger partial charge >= 0.3 is 6.36 Å². The summed E-state index contributed by atoms with van der Waals surface area (Å²) in [6.45, 7) is 0. The van der Waals surface area contributed by atoms with Gasteiger partial charge in [-0.1, -0.05) is 48.5 Å². The monoisotopic (exact) mass is 1630 g/mol. The van der Waals surface area contributed by atoms with E-state index in [9.17, 15) is 57.4 Å². The minimum atomic E-state index is -4.76. The number of anilines is 16. The molecule has 9 aromatic carbocycles. The summed E-state index contributed by atoms with van der Waals surface area (Å²) >= 11 is 5.70. The number of Topliss-reactive ketones (excluding diaryl/α,β-unsaturated/α-hetero) is 1. The Morgan fingerprint density at radius 1 is 0.403 bits per heavy atom. The van der Waals surface area contributed by atoms with E-state index in [-0.39, 0.29) is 41.0 Å². The van der Waals surface area contributed by atoms with Crippen LogP contribution >= 0.6 is 11.6 Å². The zero-order valence-electron chi connectivity index (χ0n) is 63.6. The lowest BCUT2D eigenvalue weighted by Crippen LogP contribution is -2.17. The van der Waals surface area contributed by atoms with E-state index >= 15 is 0 Å². The van der Waals surface area contributed by atoms with E-state index < -0.39 is 39.8 Å². The molecular formula is C82H75ClF3N23O10. The second-order valence-electron chi connectivity index (χ2n) is 25.2. The summed E-state index contributed by atoms with van der Waals surface area (Å²) in [4.78, 5) is 119. The van der Waals surface area contributed by atoms with Crippen LogP contribution in [0.5, 0.6) is 5.75 Å². The van der Waals surface area contributed by atoms with Crippen molar-refractivity contribution in [1.29, 1.82) is 0 Å². The summed E-state index contributed by atoms with van der Waals surface area (Å²) in [6.07, 6.45) is 1.91. The number of amides is 4. The third-order valence-corrected chi connectivity index (χ3v) is 16.9. The fourth-order valence-corrected chi connectivity index (χ4v) is 10.8. The standard InChI is InChI=1S/C28H24F3N5O3.C18H16N6O3.C18H18N6O.C11H9ClN4O2.C7H8N2O/c1-36(25-13-14-33-27(35-25)34-21-4-2-3-20(17-21)26(32)38)22-9-5-18(6-10-22)15-23(37)16-19-7-11-24(12-8-19)39-28(29,30)31;1-23(14-5-7-15(8-6-14)24(26)27)16-9-10-20-18(22-16)21-13-4-2-3-12(11-13)17(19)25;1-24(15-7-5-13(19)6-8-15)16-9-10-21-18(23-16)22-14-4-2-3-12(11-14)17(20)25;1-15(10-6-7-13-11(12)14-10)8-2-4-9(5-3-8)16(17)18;8-6-3-1-2-5(4-6)7(9)10/h2-14,17H,15-16H2,1H3,(H2,32,38)(H,33,34,35);2-11H,1H3,(H2,19,25)(H,20,21,22);2-11H,19H2,1H3,(H2,20,25)(H,21,22,23);2-7H,1H3;1-4H,8H2,(H2,9,10). The Kier molecular flexibility index (Phi) is 29.9. The van der Waals surface area contributed by atoms with E-state index in [1.165, 1.54) is 48.5 Å². The molecule has 0 unspecified atom stereocenters. The van der Waals surface area contributed by atoms with Crippen LogP contribution in [0.25, 0.3) is 0 Å². The molecule has 0 aliphatic carbocycles. The van der Waals surface area contributed by atoms with Gasteiger partial charge in [0, 0.05) is 164 Å². The Labute approximate surface area is 682 Å². The molecule has 15 N–H and O–H groups in total. The maximum atomic E-state index is 12.5. The zero-order valence-corrected chi connectivity index (χ0v) is 64.4. The van der Waals surface area contributed by atoms with E-state index in [1.807, 2.05) is 78.5 Å². The Balaban J connectivity index is 0.000000179. The number of ether oxygens (including phenoxy) is 1. The molecule has 0 spiro atoms. The minimum absolute atomic E-state index is 0.0199. The topological polar surface area (TPSA) is 489 Å². The fraction of sp³-hybridized carbons (Fsp3) is 0.0854. The van der Waals surface area contributed by atoms with Crippen molar-refractivity contribution in [2.75, 3.05) is 75.2 Å². The highest BCUT2D eigenvalue weighted by Crippen LogP contribution is 2.31. The molecule has 0 aliphatic rings. The number of primary amides is 4. The van der Waals surface area contributed by atoms with Gasteiger partial charge in [-0.15, -0.1) is 13.2 Å². The Bertz CT molecular complexity index is 5710. The van der Waals surface area contributed by atoms with Crippen LogP contribution in [-0.2, 0) is 17.6 Å². The highest BCUT2D eigenvalue weighted by Gasteiger charge is 2.31. The van der Waals surface area contributed by atoms with Crippen LogP contribution in [-0.4, -0.2) is 114 Å². The zero-order chi connectivity index (χ0) is 85.9. The van der Waals surface area contributed by atoms with Crippen LogP contribution in [0.4, 0.5) is 117 Å². The molecule has 4 heterocycles. The van der Waals surface area contributed by atoms with Crippen LogP contribution < -0.4 is 74.7 Å². The predicted molar refractivity (Wildman–Crippen MR) is 449 cm³/mol. The number of aromatic nitrogens is 8. The molecule has 0 radical (unpaired) electrons. The quantitative estimate of drug-likeness (QED) is 0.0111. The molecule has 4 amide bonds. The number of non-ortho nitro benzene ring substituents is 2. The summed E-state index contributed by atoms with van der Waals surface area (Å²) in [5.41, 5.74) is 41.6. The number of hydrogen-bond donors (Lipinski definition) is 9. The number of ketones is 1. The first kappa shape index (κ1) is 86.7. The number of nitrogen functional groups attached to an aromatic ring is 2. The summed E-state index contributed by atoms with van der Waals surface area (Å²) in [6, 6.07) is 66.2. The second-order valence-corrected chi connectivity index (χ2v) is 25.6. The number of carbonyl (C=O) groups excluding carboxylic acids is 5. The minimum Gasteiger partial charge on any atom is -0.406 e. The highest BCUT2D eigenvalue weighted by atomic mass is 35.5. The highest BCUT2D eigenvalue weighted by molar-refractivity contribution is 6.28. The fourth-order valence-electron chi connectivity index (χ4n) is 10.6. The Morgan fingerprint density at radius 3 is 1.02 bits per heavy atom. The molecule has 0 aliphatic heterocycles. The molecule has 0 saturated heterocycles. The van der Waals surface area contributed by atoms with Gasteiger partial charge in [0.2, 0.25) is 46.8 Å². The molecule has 0 atom stereocenters. The Morgan fingerprint density at radius 2 is 0.706 bits per heavy atom. The molecule has 4 aromatic heterocycles. The van der Waals surface area contributed by atoms with Crippen molar-refractivity contribution in [3.63, 3.8) is 0 Å². The van der Waals surface area contributed by atoms with Gasteiger partial charge in [-0.3, -0.25) is 44.2 Å². The maximum Gasteiger partial charge on any atom is 0.573 e. The molecular weight excluding hydrogens is 1560 g/mol. The summed E-state index contributed by atoms with van der Waals surface area (Å²) in [5, 5.41) is 30.6. The lowest BCUT2D eigenvalue weighted by Gasteiger charge is -2.19. The van der Waals surface area contributed by atoms with E-state index in [0.29, 0.717) is 97.4 Å². The van der Waals surface area contributed by atoms with Gasteiger partial charge in [0.05, 0.1) is 9.85 Å². The van der Waals surface area contributed by atoms with Crippen LogP contribution in [0.1, 0.15) is 52.6 Å². The summed E-state index contributed by atoms with van der Waals surface area (Å²) in [7, 11) is 7.33. The van der Waals surface area contributed by atoms with E-state index in [1.54, 1.807) is 188 Å². The number of alkyl halides is 3. The lowest BCUT2D eigenvalue weighted by molar-refractivity contribution is -0.385. The molecule has 13 rings (SSSR count). The van der Waals surface area contributed by atoms with Gasteiger partial charge in [-0.25, -0.2) is 24.9 Å². The molecule has 0 saturated carbocycles. The summed E-state index contributed by atoms with van der Waals surface area (Å²) in [5.74, 6) is 1.22. The number of nitrogens with one attached hydrogen (secondary N) is 3. The first-order chi connectivity index (χ1) is 56.8. The van der Waals surface area contributed by atoms with Crippen LogP contribution in [0.15, 0.2) is 267 Å². The molecule has 33 nitrogen and oxygen atoms in total. The molecule has 0 fully saturated rings. The SMILES string of the molecule is CN(c1ccc(CC(=O)Cc2ccc(OC(F)(F)F)cc2)cc1)c1ccnc(Nc2cccc(C(N)=O)c2)n1.CN(c1ccc(N)cc1)c1ccnc(Nc2cccc(C(N)=O)c2)n1.CN(c1ccc([N+](=O)[O-])cc1)c1ccnc(Cl)n1.CN(c1ccc([N+](=O)[O-])cc1)c1ccnc(Nc2cccc(C(N)=O)c2)n1.NC(=O)c1cccc(N)c1. The molecule has 0 bridgehead atoms.